The molecule has 0 fully saturated rings. The molecule has 0 unspecified atom stereocenters. The molecule has 0 aliphatic rings. The molecule has 0 radical (unpaired) electrons. The standard InChI is InChI=1S/C16H12N2O/c19-16-11-14(13-7-3-1-4-8-13)12-17-18(16)15-9-5-2-6-10-15/h1-12H. The van der Waals surface area contributed by atoms with Crippen molar-refractivity contribution in [1.82, 2.24) is 9.78 Å². The Morgan fingerprint density at radius 2 is 1.42 bits per heavy atom. The Kier molecular flexibility index (Phi) is 2.94. The molecule has 3 nitrogen and oxygen atoms in total. The lowest BCUT2D eigenvalue weighted by Gasteiger charge is -2.05. The lowest BCUT2D eigenvalue weighted by Crippen LogP contribution is -2.19. The maximum absolute atomic E-state index is 12.1. The van der Waals surface area contributed by atoms with Crippen LogP contribution >= 0.6 is 0 Å². The number of hydrogen-bond donors (Lipinski definition) is 0. The maximum Gasteiger partial charge on any atom is 0.272 e. The Morgan fingerprint density at radius 1 is 0.789 bits per heavy atom. The Balaban J connectivity index is 2.07. The second kappa shape index (κ2) is 4.90. The Morgan fingerprint density at radius 3 is 2.05 bits per heavy atom. The molecule has 0 N–H and O–H groups in total. The van der Waals surface area contributed by atoms with Crippen molar-refractivity contribution in [2.24, 2.45) is 0 Å². The van der Waals surface area contributed by atoms with Crippen molar-refractivity contribution in [3.8, 4) is 16.8 Å². The zero-order valence-corrected chi connectivity index (χ0v) is 10.2. The average molecular weight is 248 g/mol. The third kappa shape index (κ3) is 2.31. The Hall–Kier alpha value is -2.68. The van der Waals surface area contributed by atoms with E-state index in [0.29, 0.717) is 0 Å². The molecule has 2 aromatic carbocycles. The van der Waals surface area contributed by atoms with Gasteiger partial charge in [-0.15, -0.1) is 0 Å². The van der Waals surface area contributed by atoms with Crippen LogP contribution in [0.1, 0.15) is 0 Å². The molecule has 0 saturated heterocycles. The lowest BCUT2D eigenvalue weighted by molar-refractivity contribution is 0.808. The van der Waals surface area contributed by atoms with Gasteiger partial charge in [0.15, 0.2) is 0 Å². The van der Waals surface area contributed by atoms with Crippen LogP contribution in [0.25, 0.3) is 16.8 Å². The number of rotatable bonds is 2. The highest BCUT2D eigenvalue weighted by atomic mass is 16.1. The summed E-state index contributed by atoms with van der Waals surface area (Å²) in [7, 11) is 0. The van der Waals surface area contributed by atoms with Gasteiger partial charge in [-0.05, 0) is 17.7 Å². The fourth-order valence-corrected chi connectivity index (χ4v) is 1.96. The first-order chi connectivity index (χ1) is 9.34. The van der Waals surface area contributed by atoms with E-state index >= 15 is 0 Å². The van der Waals surface area contributed by atoms with Gasteiger partial charge in [0.2, 0.25) is 0 Å². The minimum absolute atomic E-state index is 0.132. The summed E-state index contributed by atoms with van der Waals surface area (Å²) >= 11 is 0. The predicted molar refractivity (Wildman–Crippen MR) is 75.3 cm³/mol. The fraction of sp³-hybridized carbons (Fsp3) is 0. The highest BCUT2D eigenvalue weighted by Crippen LogP contribution is 2.15. The molecule has 0 bridgehead atoms. The van der Waals surface area contributed by atoms with Crippen LogP contribution in [0.3, 0.4) is 0 Å². The second-order valence-corrected chi connectivity index (χ2v) is 4.20. The van der Waals surface area contributed by atoms with Crippen LogP contribution < -0.4 is 5.56 Å². The summed E-state index contributed by atoms with van der Waals surface area (Å²) in [5, 5.41) is 4.23. The third-order valence-electron chi connectivity index (χ3n) is 2.91. The van der Waals surface area contributed by atoms with E-state index in [0.717, 1.165) is 16.8 Å². The molecule has 0 saturated carbocycles. The van der Waals surface area contributed by atoms with E-state index in [1.807, 2.05) is 60.7 Å². The van der Waals surface area contributed by atoms with Crippen LogP contribution in [-0.4, -0.2) is 9.78 Å². The Labute approximate surface area is 110 Å². The van der Waals surface area contributed by atoms with Crippen LogP contribution in [0.4, 0.5) is 0 Å². The van der Waals surface area contributed by atoms with Crippen molar-refractivity contribution < 1.29 is 0 Å². The lowest BCUT2D eigenvalue weighted by atomic mass is 10.1. The number of para-hydroxylation sites is 1. The molecular weight excluding hydrogens is 236 g/mol. The van der Waals surface area contributed by atoms with Gasteiger partial charge in [-0.1, -0.05) is 48.5 Å². The van der Waals surface area contributed by atoms with Crippen LogP contribution in [0, 0.1) is 0 Å². The summed E-state index contributed by atoms with van der Waals surface area (Å²) in [6, 6.07) is 20.8. The van der Waals surface area contributed by atoms with E-state index in [1.165, 1.54) is 4.68 Å². The summed E-state index contributed by atoms with van der Waals surface area (Å²) in [5.41, 5.74) is 2.46. The van der Waals surface area contributed by atoms with Gasteiger partial charge in [0, 0.05) is 11.6 Å². The minimum Gasteiger partial charge on any atom is -0.267 e. The normalized spacial score (nSPS) is 10.3. The van der Waals surface area contributed by atoms with Gasteiger partial charge in [0.05, 0.1) is 11.9 Å². The molecule has 0 atom stereocenters. The maximum atomic E-state index is 12.1. The van der Waals surface area contributed by atoms with E-state index in [4.69, 9.17) is 0 Å². The zero-order valence-electron chi connectivity index (χ0n) is 10.2. The SMILES string of the molecule is O=c1cc(-c2ccccc2)cnn1-c1ccccc1. The van der Waals surface area contributed by atoms with E-state index in [2.05, 4.69) is 5.10 Å². The van der Waals surface area contributed by atoms with Gasteiger partial charge in [0.25, 0.3) is 5.56 Å². The van der Waals surface area contributed by atoms with Crippen LogP contribution in [0.2, 0.25) is 0 Å². The zero-order chi connectivity index (χ0) is 13.1. The summed E-state index contributed by atoms with van der Waals surface area (Å²) in [6.45, 7) is 0. The van der Waals surface area contributed by atoms with Crippen LogP contribution in [0.5, 0.6) is 0 Å². The van der Waals surface area contributed by atoms with Crippen LogP contribution in [0.15, 0.2) is 77.7 Å². The number of aromatic nitrogens is 2. The van der Waals surface area contributed by atoms with Gasteiger partial charge in [-0.2, -0.15) is 9.78 Å². The van der Waals surface area contributed by atoms with Crippen molar-refractivity contribution >= 4 is 0 Å². The molecule has 1 heterocycles. The molecule has 0 amide bonds. The van der Waals surface area contributed by atoms with Gasteiger partial charge in [-0.3, -0.25) is 4.79 Å². The van der Waals surface area contributed by atoms with Crippen molar-refractivity contribution in [2.75, 3.05) is 0 Å². The summed E-state index contributed by atoms with van der Waals surface area (Å²) < 4.78 is 1.40. The Bertz CT molecular complexity index is 733. The van der Waals surface area contributed by atoms with Gasteiger partial charge in [0.1, 0.15) is 0 Å². The number of hydrogen-bond acceptors (Lipinski definition) is 2. The largest absolute Gasteiger partial charge is 0.272 e. The summed E-state index contributed by atoms with van der Waals surface area (Å²) in [5.74, 6) is 0. The average Bonchev–Trinajstić information content (AvgIpc) is 2.49. The molecule has 0 spiro atoms. The molecule has 1 aromatic heterocycles. The topological polar surface area (TPSA) is 34.9 Å². The van der Waals surface area contributed by atoms with Gasteiger partial charge < -0.3 is 0 Å². The number of benzene rings is 2. The van der Waals surface area contributed by atoms with Crippen molar-refractivity contribution in [3.63, 3.8) is 0 Å². The fourth-order valence-electron chi connectivity index (χ4n) is 1.96. The van der Waals surface area contributed by atoms with Gasteiger partial charge >= 0.3 is 0 Å². The minimum atomic E-state index is -0.132. The molecule has 0 aliphatic heterocycles. The second-order valence-electron chi connectivity index (χ2n) is 4.20. The van der Waals surface area contributed by atoms with E-state index in [1.54, 1.807) is 12.3 Å². The monoisotopic (exact) mass is 248 g/mol. The number of nitrogens with zero attached hydrogens (tertiary/aromatic N) is 2. The molecule has 19 heavy (non-hydrogen) atoms. The molecule has 92 valence electrons. The van der Waals surface area contributed by atoms with Crippen molar-refractivity contribution in [1.29, 1.82) is 0 Å². The van der Waals surface area contributed by atoms with E-state index < -0.39 is 0 Å². The van der Waals surface area contributed by atoms with Crippen LogP contribution in [-0.2, 0) is 0 Å². The first kappa shape index (κ1) is 11.4. The summed E-state index contributed by atoms with van der Waals surface area (Å²) in [6.07, 6.45) is 1.71. The quantitative estimate of drug-likeness (QED) is 0.699. The molecule has 3 heteroatoms. The molecule has 0 aliphatic carbocycles. The smallest absolute Gasteiger partial charge is 0.267 e. The predicted octanol–water partition coefficient (Wildman–Crippen LogP) is 2.90. The van der Waals surface area contributed by atoms with Gasteiger partial charge in [-0.25, -0.2) is 0 Å². The molecular formula is C16H12N2O. The van der Waals surface area contributed by atoms with Crippen molar-refractivity contribution in [2.45, 2.75) is 0 Å². The third-order valence-corrected chi connectivity index (χ3v) is 2.91. The highest BCUT2D eigenvalue weighted by molar-refractivity contribution is 5.61. The highest BCUT2D eigenvalue weighted by Gasteiger charge is 2.03. The first-order valence-electron chi connectivity index (χ1n) is 6.05. The first-order valence-corrected chi connectivity index (χ1v) is 6.05. The summed E-state index contributed by atoms with van der Waals surface area (Å²) in [4.78, 5) is 12.1. The van der Waals surface area contributed by atoms with Crippen molar-refractivity contribution in [3.05, 3.63) is 83.3 Å². The molecule has 3 aromatic rings. The molecule has 3 rings (SSSR count). The van der Waals surface area contributed by atoms with E-state index in [9.17, 15) is 4.79 Å². The van der Waals surface area contributed by atoms with E-state index in [-0.39, 0.29) is 5.56 Å².